The molecule has 18 heavy (non-hydrogen) atoms. The smallest absolute Gasteiger partial charge is 0.336 e. The Morgan fingerprint density at radius 3 is 2.89 bits per heavy atom. The maximum Gasteiger partial charge on any atom is 0.336 e. The fourth-order valence-corrected chi connectivity index (χ4v) is 2.25. The Kier molecular flexibility index (Phi) is 4.03. The van der Waals surface area contributed by atoms with Crippen molar-refractivity contribution in [1.29, 1.82) is 0 Å². The molecule has 0 aromatic heterocycles. The predicted octanol–water partition coefficient (Wildman–Crippen LogP) is 2.67. The molecule has 0 fully saturated rings. The number of hydrogen-bond donors (Lipinski definition) is 0. The molecule has 0 radical (unpaired) electrons. The third-order valence-electron chi connectivity index (χ3n) is 3.23. The summed E-state index contributed by atoms with van der Waals surface area (Å²) in [6, 6.07) is 6.10. The monoisotopic (exact) mass is 246 g/mol. The third-order valence-corrected chi connectivity index (χ3v) is 3.23. The van der Waals surface area contributed by atoms with Gasteiger partial charge in [-0.05, 0) is 42.9 Å². The van der Waals surface area contributed by atoms with E-state index in [9.17, 15) is 4.79 Å². The van der Waals surface area contributed by atoms with E-state index in [2.05, 4.69) is 17.4 Å². The second-order valence-electron chi connectivity index (χ2n) is 4.48. The first-order valence-electron chi connectivity index (χ1n) is 6.22. The van der Waals surface area contributed by atoms with Crippen molar-refractivity contribution in [1.82, 2.24) is 0 Å². The fraction of sp³-hybridized carbons (Fsp3) is 0.400. The first-order valence-corrected chi connectivity index (χ1v) is 6.22. The van der Waals surface area contributed by atoms with Crippen LogP contribution in [0.2, 0.25) is 0 Å². The number of carbonyl (C=O) groups is 1. The quantitative estimate of drug-likeness (QED) is 0.605. The van der Waals surface area contributed by atoms with Gasteiger partial charge in [0.15, 0.2) is 0 Å². The molecule has 0 spiro atoms. The van der Waals surface area contributed by atoms with Crippen molar-refractivity contribution in [2.75, 3.05) is 13.7 Å². The van der Waals surface area contributed by atoms with Gasteiger partial charge in [0.05, 0.1) is 12.7 Å². The van der Waals surface area contributed by atoms with Gasteiger partial charge in [0, 0.05) is 0 Å². The van der Waals surface area contributed by atoms with E-state index in [0.717, 1.165) is 18.6 Å². The maximum atomic E-state index is 11.2. The summed E-state index contributed by atoms with van der Waals surface area (Å²) in [6.07, 6.45) is 4.61. The van der Waals surface area contributed by atoms with Gasteiger partial charge in [0.2, 0.25) is 0 Å². The van der Waals surface area contributed by atoms with Crippen LogP contribution in [0.15, 0.2) is 30.4 Å². The molecular weight excluding hydrogens is 228 g/mol. The Labute approximate surface area is 107 Å². The normalized spacial score (nSPS) is 13.6. The molecule has 1 aliphatic carbocycles. The van der Waals surface area contributed by atoms with E-state index in [1.54, 1.807) is 0 Å². The van der Waals surface area contributed by atoms with Gasteiger partial charge in [-0.15, -0.1) is 0 Å². The Hall–Kier alpha value is -1.77. The van der Waals surface area contributed by atoms with E-state index in [-0.39, 0.29) is 6.61 Å². The van der Waals surface area contributed by atoms with E-state index in [0.29, 0.717) is 5.57 Å². The Morgan fingerprint density at radius 1 is 1.33 bits per heavy atom. The number of fused-ring (bicyclic) bond motifs is 1. The highest BCUT2D eigenvalue weighted by atomic mass is 16.5. The first kappa shape index (κ1) is 12.7. The summed E-state index contributed by atoms with van der Waals surface area (Å²) in [5.74, 6) is 0.456. The van der Waals surface area contributed by atoms with E-state index in [1.807, 2.05) is 12.1 Å². The molecule has 0 amide bonds. The molecular formula is C15H18O3. The van der Waals surface area contributed by atoms with E-state index in [4.69, 9.17) is 4.74 Å². The van der Waals surface area contributed by atoms with Crippen LogP contribution in [0.25, 0.3) is 0 Å². The van der Waals surface area contributed by atoms with Gasteiger partial charge in [0.1, 0.15) is 12.4 Å². The van der Waals surface area contributed by atoms with Crippen LogP contribution in [0.3, 0.4) is 0 Å². The van der Waals surface area contributed by atoms with Crippen molar-refractivity contribution in [3.8, 4) is 5.75 Å². The Morgan fingerprint density at radius 2 is 2.11 bits per heavy atom. The summed E-state index contributed by atoms with van der Waals surface area (Å²) in [7, 11) is 1.35. The zero-order chi connectivity index (χ0) is 13.0. The minimum Gasteiger partial charge on any atom is -0.488 e. The summed E-state index contributed by atoms with van der Waals surface area (Å²) in [6.45, 7) is 3.84. The minimum absolute atomic E-state index is 0.184. The van der Waals surface area contributed by atoms with Crippen molar-refractivity contribution >= 4 is 5.97 Å². The van der Waals surface area contributed by atoms with Gasteiger partial charge < -0.3 is 9.47 Å². The van der Waals surface area contributed by atoms with Crippen LogP contribution in [0.4, 0.5) is 0 Å². The van der Waals surface area contributed by atoms with E-state index < -0.39 is 5.97 Å². The molecule has 1 aromatic carbocycles. The lowest BCUT2D eigenvalue weighted by atomic mass is 9.91. The van der Waals surface area contributed by atoms with Crippen molar-refractivity contribution in [3.05, 3.63) is 41.5 Å². The van der Waals surface area contributed by atoms with E-state index in [1.165, 1.54) is 31.1 Å². The van der Waals surface area contributed by atoms with Crippen molar-refractivity contribution in [3.63, 3.8) is 0 Å². The van der Waals surface area contributed by atoms with Crippen LogP contribution < -0.4 is 4.74 Å². The Bertz CT molecular complexity index is 463. The largest absolute Gasteiger partial charge is 0.488 e. The zero-order valence-corrected chi connectivity index (χ0v) is 10.7. The molecule has 1 aliphatic rings. The molecule has 0 N–H and O–H groups in total. The molecule has 0 saturated heterocycles. The van der Waals surface area contributed by atoms with Gasteiger partial charge in [0.25, 0.3) is 0 Å². The summed E-state index contributed by atoms with van der Waals surface area (Å²) >= 11 is 0. The number of hydrogen-bond acceptors (Lipinski definition) is 3. The van der Waals surface area contributed by atoms with E-state index >= 15 is 0 Å². The number of rotatable bonds is 4. The molecule has 0 bridgehead atoms. The summed E-state index contributed by atoms with van der Waals surface area (Å²) in [5.41, 5.74) is 2.98. The van der Waals surface area contributed by atoms with Crippen LogP contribution in [0.1, 0.15) is 24.0 Å². The summed E-state index contributed by atoms with van der Waals surface area (Å²) < 4.78 is 10.3. The van der Waals surface area contributed by atoms with Crippen molar-refractivity contribution < 1.29 is 14.3 Å². The molecule has 0 atom stereocenters. The second kappa shape index (κ2) is 5.71. The lowest BCUT2D eigenvalue weighted by Crippen LogP contribution is -2.13. The maximum absolute atomic E-state index is 11.2. The molecule has 0 aliphatic heterocycles. The lowest BCUT2D eigenvalue weighted by Gasteiger charge is -2.19. The Balaban J connectivity index is 2.06. The van der Waals surface area contributed by atoms with Gasteiger partial charge in [-0.3, -0.25) is 0 Å². The van der Waals surface area contributed by atoms with Crippen LogP contribution >= 0.6 is 0 Å². The van der Waals surface area contributed by atoms with Crippen molar-refractivity contribution in [2.45, 2.75) is 25.7 Å². The molecule has 0 saturated carbocycles. The average Bonchev–Trinajstić information content (AvgIpc) is 2.43. The average molecular weight is 246 g/mol. The molecule has 2 rings (SSSR count). The number of benzene rings is 1. The molecule has 0 heterocycles. The van der Waals surface area contributed by atoms with Crippen LogP contribution in [-0.4, -0.2) is 19.7 Å². The topological polar surface area (TPSA) is 35.5 Å². The molecule has 3 heteroatoms. The minimum atomic E-state index is -0.417. The predicted molar refractivity (Wildman–Crippen MR) is 69.7 cm³/mol. The molecule has 96 valence electrons. The highest BCUT2D eigenvalue weighted by Crippen LogP contribution is 2.29. The lowest BCUT2D eigenvalue weighted by molar-refractivity contribution is -0.136. The highest BCUT2D eigenvalue weighted by molar-refractivity contribution is 5.87. The van der Waals surface area contributed by atoms with Gasteiger partial charge in [-0.25, -0.2) is 4.79 Å². The van der Waals surface area contributed by atoms with Gasteiger partial charge >= 0.3 is 5.97 Å². The number of esters is 1. The number of methoxy groups -OCH3 is 1. The molecule has 1 aromatic rings. The van der Waals surface area contributed by atoms with Gasteiger partial charge in [-0.1, -0.05) is 18.7 Å². The SMILES string of the molecule is C=C(COc1cccc2c1CCCC2)C(=O)OC. The first-order chi connectivity index (χ1) is 8.72. The number of aryl methyl sites for hydroxylation is 1. The van der Waals surface area contributed by atoms with Crippen LogP contribution in [0, 0.1) is 0 Å². The molecule has 0 unspecified atom stereocenters. The van der Waals surface area contributed by atoms with Crippen LogP contribution in [0.5, 0.6) is 5.75 Å². The highest BCUT2D eigenvalue weighted by Gasteiger charge is 2.15. The van der Waals surface area contributed by atoms with Crippen molar-refractivity contribution in [2.24, 2.45) is 0 Å². The summed E-state index contributed by atoms with van der Waals surface area (Å²) in [5, 5.41) is 0. The third kappa shape index (κ3) is 2.73. The number of carbonyl (C=O) groups excluding carboxylic acids is 1. The number of ether oxygens (including phenoxy) is 2. The van der Waals surface area contributed by atoms with Crippen LogP contribution in [-0.2, 0) is 22.4 Å². The zero-order valence-electron chi connectivity index (χ0n) is 10.7. The van der Waals surface area contributed by atoms with Gasteiger partial charge in [-0.2, -0.15) is 0 Å². The molecule has 3 nitrogen and oxygen atoms in total. The summed E-state index contributed by atoms with van der Waals surface area (Å²) in [4.78, 5) is 11.2. The second-order valence-corrected chi connectivity index (χ2v) is 4.48. The fourth-order valence-electron chi connectivity index (χ4n) is 2.25. The standard InChI is InChI=1S/C15H18O3/c1-11(15(16)17-2)10-18-14-9-5-7-12-6-3-4-8-13(12)14/h5,7,9H,1,3-4,6,8,10H2,2H3.